The molecule has 0 saturated carbocycles. The number of halogens is 3. The number of ether oxygens (including phenoxy) is 1. The Hall–Kier alpha value is -2.39. The number of fused-ring (bicyclic) bond motifs is 1. The topological polar surface area (TPSA) is 44.7 Å². The summed E-state index contributed by atoms with van der Waals surface area (Å²) in [5.41, 5.74) is 2.26. The zero-order valence-electron chi connectivity index (χ0n) is 18.8. The number of aromatic nitrogens is 2. The maximum Gasteiger partial charge on any atom is 0.416 e. The molecule has 5 rings (SSSR count). The number of rotatable bonds is 4. The van der Waals surface area contributed by atoms with Crippen molar-refractivity contribution < 1.29 is 17.9 Å². The monoisotopic (exact) mass is 461 g/mol. The fourth-order valence-corrected chi connectivity index (χ4v) is 4.95. The summed E-state index contributed by atoms with van der Waals surface area (Å²) in [6.45, 7) is 6.77. The highest BCUT2D eigenvalue weighted by Gasteiger charge is 2.31. The third-order valence-electron chi connectivity index (χ3n) is 6.72. The summed E-state index contributed by atoms with van der Waals surface area (Å²) in [6, 6.07) is 5.64. The Balaban J connectivity index is 1.41. The van der Waals surface area contributed by atoms with Gasteiger partial charge in [-0.1, -0.05) is 18.2 Å². The average Bonchev–Trinajstić information content (AvgIpc) is 2.84. The molecular formula is C24H30F3N5O. The molecule has 3 aliphatic rings. The fraction of sp³-hybridized carbons (Fsp3) is 0.583. The lowest BCUT2D eigenvalue weighted by atomic mass is 10.0. The highest BCUT2D eigenvalue weighted by molar-refractivity contribution is 5.54. The summed E-state index contributed by atoms with van der Waals surface area (Å²) in [6.07, 6.45) is 0.0279. The zero-order chi connectivity index (χ0) is 22.8. The Morgan fingerprint density at radius 1 is 0.909 bits per heavy atom. The minimum Gasteiger partial charge on any atom is -0.378 e. The largest absolute Gasteiger partial charge is 0.416 e. The van der Waals surface area contributed by atoms with Gasteiger partial charge in [-0.2, -0.15) is 18.2 Å². The van der Waals surface area contributed by atoms with Crippen LogP contribution in [0, 0.1) is 0 Å². The van der Waals surface area contributed by atoms with Gasteiger partial charge in [0.15, 0.2) is 0 Å². The lowest BCUT2D eigenvalue weighted by Gasteiger charge is -2.36. The van der Waals surface area contributed by atoms with Gasteiger partial charge in [0.1, 0.15) is 5.82 Å². The molecule has 3 aliphatic heterocycles. The maximum atomic E-state index is 13.1. The van der Waals surface area contributed by atoms with Crippen LogP contribution in [-0.2, 0) is 30.4 Å². The van der Waals surface area contributed by atoms with E-state index >= 15 is 0 Å². The van der Waals surface area contributed by atoms with Gasteiger partial charge in [0.25, 0.3) is 0 Å². The molecule has 1 aromatic heterocycles. The molecule has 2 fully saturated rings. The van der Waals surface area contributed by atoms with Gasteiger partial charge in [-0.15, -0.1) is 0 Å². The SMILES string of the molecule is FC(F)(F)c1cccc(CN2CCc3nc(N4CCCCC4)nc(N4CCOCC4)c3C2)c1. The molecule has 0 aliphatic carbocycles. The van der Waals surface area contributed by atoms with Crippen molar-refractivity contribution in [3.63, 3.8) is 0 Å². The highest BCUT2D eigenvalue weighted by Crippen LogP contribution is 2.32. The first kappa shape index (κ1) is 22.4. The van der Waals surface area contributed by atoms with Crippen LogP contribution < -0.4 is 9.80 Å². The van der Waals surface area contributed by atoms with Gasteiger partial charge < -0.3 is 14.5 Å². The maximum absolute atomic E-state index is 13.1. The predicted octanol–water partition coefficient (Wildman–Crippen LogP) is 3.88. The average molecular weight is 462 g/mol. The van der Waals surface area contributed by atoms with Crippen molar-refractivity contribution in [3.8, 4) is 0 Å². The number of alkyl halides is 3. The van der Waals surface area contributed by atoms with Crippen molar-refractivity contribution >= 4 is 11.8 Å². The van der Waals surface area contributed by atoms with Crippen LogP contribution in [0.5, 0.6) is 0 Å². The van der Waals surface area contributed by atoms with Crippen LogP contribution in [0.1, 0.15) is 41.6 Å². The summed E-state index contributed by atoms with van der Waals surface area (Å²) in [5, 5.41) is 0. The second-order valence-corrected chi connectivity index (χ2v) is 9.08. The van der Waals surface area contributed by atoms with Crippen molar-refractivity contribution in [2.75, 3.05) is 55.7 Å². The number of hydrogen-bond donors (Lipinski definition) is 0. The first-order valence-corrected chi connectivity index (χ1v) is 11.8. The van der Waals surface area contributed by atoms with Crippen LogP contribution in [0.2, 0.25) is 0 Å². The van der Waals surface area contributed by atoms with Crippen molar-refractivity contribution in [3.05, 3.63) is 46.6 Å². The van der Waals surface area contributed by atoms with Crippen molar-refractivity contribution in [2.24, 2.45) is 0 Å². The summed E-state index contributed by atoms with van der Waals surface area (Å²) in [7, 11) is 0. The van der Waals surface area contributed by atoms with E-state index in [-0.39, 0.29) is 0 Å². The van der Waals surface area contributed by atoms with Gasteiger partial charge in [0.2, 0.25) is 5.95 Å². The van der Waals surface area contributed by atoms with Gasteiger partial charge in [0.05, 0.1) is 24.5 Å². The number of morpholine rings is 1. The molecule has 2 aromatic rings. The minimum atomic E-state index is -4.33. The minimum absolute atomic E-state index is 0.472. The van der Waals surface area contributed by atoms with Crippen LogP contribution in [0.4, 0.5) is 24.9 Å². The standard InChI is InChI=1S/C24H30F3N5O/c25-24(26,27)19-6-4-5-18(15-19)16-30-10-7-21-20(17-30)22(31-11-13-33-14-12-31)29-23(28-21)32-8-2-1-3-9-32/h4-6,15H,1-3,7-14,16-17H2. The molecular weight excluding hydrogens is 431 g/mol. The van der Waals surface area contributed by atoms with Crippen LogP contribution >= 0.6 is 0 Å². The van der Waals surface area contributed by atoms with Gasteiger partial charge in [-0.25, -0.2) is 4.98 Å². The molecule has 0 atom stereocenters. The summed E-state index contributed by atoms with van der Waals surface area (Å²) < 4.78 is 45.0. The molecule has 6 nitrogen and oxygen atoms in total. The Morgan fingerprint density at radius 2 is 1.70 bits per heavy atom. The molecule has 1 aromatic carbocycles. The van der Waals surface area contributed by atoms with E-state index in [9.17, 15) is 13.2 Å². The lowest BCUT2D eigenvalue weighted by Crippen LogP contribution is -2.40. The second-order valence-electron chi connectivity index (χ2n) is 9.08. The van der Waals surface area contributed by atoms with Crippen LogP contribution in [0.15, 0.2) is 24.3 Å². The molecule has 0 radical (unpaired) electrons. The normalized spacial score (nSPS) is 20.1. The first-order chi connectivity index (χ1) is 16.0. The van der Waals surface area contributed by atoms with Crippen LogP contribution in [0.3, 0.4) is 0 Å². The number of piperidine rings is 1. The summed E-state index contributed by atoms with van der Waals surface area (Å²) in [5.74, 6) is 1.79. The van der Waals surface area contributed by atoms with E-state index < -0.39 is 11.7 Å². The molecule has 0 unspecified atom stereocenters. The third kappa shape index (κ3) is 5.09. The van der Waals surface area contributed by atoms with E-state index in [0.29, 0.717) is 31.9 Å². The molecule has 178 valence electrons. The molecule has 9 heteroatoms. The van der Waals surface area contributed by atoms with Crippen LogP contribution in [0.25, 0.3) is 0 Å². The first-order valence-electron chi connectivity index (χ1n) is 11.8. The van der Waals surface area contributed by atoms with E-state index in [2.05, 4.69) is 14.7 Å². The summed E-state index contributed by atoms with van der Waals surface area (Å²) >= 11 is 0. The van der Waals surface area contributed by atoms with Crippen molar-refractivity contribution in [1.29, 1.82) is 0 Å². The smallest absolute Gasteiger partial charge is 0.378 e. The molecule has 4 heterocycles. The third-order valence-corrected chi connectivity index (χ3v) is 6.72. The molecule has 0 spiro atoms. The zero-order valence-corrected chi connectivity index (χ0v) is 18.8. The molecule has 0 bridgehead atoms. The van der Waals surface area contributed by atoms with Gasteiger partial charge in [-0.3, -0.25) is 4.90 Å². The van der Waals surface area contributed by atoms with Crippen LogP contribution in [-0.4, -0.2) is 60.8 Å². The number of nitrogens with zero attached hydrogens (tertiary/aromatic N) is 5. The van der Waals surface area contributed by atoms with Gasteiger partial charge >= 0.3 is 6.18 Å². The number of benzene rings is 1. The van der Waals surface area contributed by atoms with Gasteiger partial charge in [-0.05, 0) is 30.9 Å². The molecule has 2 saturated heterocycles. The van der Waals surface area contributed by atoms with E-state index in [1.807, 2.05) is 0 Å². The van der Waals surface area contributed by atoms with E-state index in [0.717, 1.165) is 81.1 Å². The van der Waals surface area contributed by atoms with Gasteiger partial charge in [0, 0.05) is 57.8 Å². The molecule has 0 amide bonds. The van der Waals surface area contributed by atoms with Crippen molar-refractivity contribution in [2.45, 2.75) is 44.9 Å². The predicted molar refractivity (Wildman–Crippen MR) is 120 cm³/mol. The number of anilines is 2. The Labute approximate surface area is 192 Å². The van der Waals surface area contributed by atoms with E-state index in [1.165, 1.54) is 18.6 Å². The summed E-state index contributed by atoms with van der Waals surface area (Å²) in [4.78, 5) is 16.8. The lowest BCUT2D eigenvalue weighted by molar-refractivity contribution is -0.137. The molecule has 0 N–H and O–H groups in total. The van der Waals surface area contributed by atoms with E-state index in [1.54, 1.807) is 6.07 Å². The number of hydrogen-bond acceptors (Lipinski definition) is 6. The Morgan fingerprint density at radius 3 is 2.45 bits per heavy atom. The Bertz CT molecular complexity index is 971. The molecule has 33 heavy (non-hydrogen) atoms. The second kappa shape index (κ2) is 9.46. The quantitative estimate of drug-likeness (QED) is 0.689. The Kier molecular flexibility index (Phi) is 6.42. The highest BCUT2D eigenvalue weighted by atomic mass is 19.4. The van der Waals surface area contributed by atoms with E-state index in [4.69, 9.17) is 14.7 Å². The van der Waals surface area contributed by atoms with Crippen molar-refractivity contribution in [1.82, 2.24) is 14.9 Å². The fourth-order valence-electron chi connectivity index (χ4n) is 4.95.